The summed E-state index contributed by atoms with van der Waals surface area (Å²) in [6.45, 7) is 8.23. The molecule has 126 valence electrons. The predicted octanol–water partition coefficient (Wildman–Crippen LogP) is 2.25. The number of fused-ring (bicyclic) bond motifs is 1. The molecule has 2 atom stereocenters. The second-order valence-electron chi connectivity index (χ2n) is 6.91. The van der Waals surface area contributed by atoms with Gasteiger partial charge in [0.15, 0.2) is 0 Å². The molecule has 0 saturated carbocycles. The third-order valence-electron chi connectivity index (χ3n) is 4.95. The van der Waals surface area contributed by atoms with Crippen LogP contribution in [0, 0.1) is 25.7 Å². The summed E-state index contributed by atoms with van der Waals surface area (Å²) in [5.41, 5.74) is 3.12. The number of hydrogen-bond acceptors (Lipinski definition) is 5. The van der Waals surface area contributed by atoms with Crippen LogP contribution in [0.25, 0.3) is 0 Å². The highest BCUT2D eigenvalue weighted by atomic mass is 32.1. The van der Waals surface area contributed by atoms with E-state index in [1.807, 2.05) is 36.9 Å². The van der Waals surface area contributed by atoms with Crippen LogP contribution in [-0.4, -0.2) is 45.3 Å². The molecule has 0 bridgehead atoms. The summed E-state index contributed by atoms with van der Waals surface area (Å²) in [5.74, 6) is 0.886. The van der Waals surface area contributed by atoms with Crippen molar-refractivity contribution in [2.45, 2.75) is 26.9 Å². The van der Waals surface area contributed by atoms with Crippen molar-refractivity contribution in [2.75, 3.05) is 19.6 Å². The normalized spacial score (nSPS) is 23.9. The Balaban J connectivity index is 1.37. The molecule has 0 aliphatic carbocycles. The minimum absolute atomic E-state index is 0.148. The number of likely N-dealkylation sites (tertiary alicyclic amines) is 2. The zero-order valence-electron chi connectivity index (χ0n) is 14.1. The lowest BCUT2D eigenvalue weighted by atomic mass is 10.0. The van der Waals surface area contributed by atoms with Crippen LogP contribution >= 0.6 is 11.3 Å². The fourth-order valence-corrected chi connectivity index (χ4v) is 4.50. The van der Waals surface area contributed by atoms with Gasteiger partial charge < -0.3 is 4.90 Å². The van der Waals surface area contributed by atoms with Crippen molar-refractivity contribution in [3.8, 4) is 0 Å². The van der Waals surface area contributed by atoms with Crippen molar-refractivity contribution >= 4 is 17.2 Å². The van der Waals surface area contributed by atoms with Crippen LogP contribution in [0.15, 0.2) is 23.6 Å². The maximum atomic E-state index is 12.7. The van der Waals surface area contributed by atoms with Crippen molar-refractivity contribution in [1.82, 2.24) is 19.8 Å². The van der Waals surface area contributed by atoms with Crippen molar-refractivity contribution < 1.29 is 4.79 Å². The van der Waals surface area contributed by atoms with Gasteiger partial charge in [-0.2, -0.15) is 0 Å². The molecule has 5 nitrogen and oxygen atoms in total. The average molecular weight is 342 g/mol. The summed E-state index contributed by atoms with van der Waals surface area (Å²) < 4.78 is 0. The Kier molecular flexibility index (Phi) is 4.10. The number of nitrogens with zero attached hydrogens (tertiary/aromatic N) is 4. The number of aryl methyl sites for hydroxylation is 2. The lowest BCUT2D eigenvalue weighted by molar-refractivity contribution is -0.131. The predicted molar refractivity (Wildman–Crippen MR) is 93.5 cm³/mol. The van der Waals surface area contributed by atoms with E-state index >= 15 is 0 Å². The molecule has 24 heavy (non-hydrogen) atoms. The number of carbonyl (C=O) groups excluding carboxylic acids is 1. The topological polar surface area (TPSA) is 49.3 Å². The quantitative estimate of drug-likeness (QED) is 0.855. The van der Waals surface area contributed by atoms with E-state index in [1.54, 1.807) is 11.3 Å². The lowest BCUT2D eigenvalue weighted by Gasteiger charge is -2.21. The fourth-order valence-electron chi connectivity index (χ4n) is 3.90. The van der Waals surface area contributed by atoms with E-state index in [9.17, 15) is 4.79 Å². The Morgan fingerprint density at radius 1 is 1.12 bits per heavy atom. The van der Waals surface area contributed by atoms with E-state index in [2.05, 4.69) is 20.2 Å². The van der Waals surface area contributed by atoms with Crippen LogP contribution in [0.4, 0.5) is 0 Å². The maximum absolute atomic E-state index is 12.7. The van der Waals surface area contributed by atoms with Gasteiger partial charge in [-0.15, -0.1) is 11.3 Å². The smallest absolute Gasteiger partial charge is 0.227 e. The highest BCUT2D eigenvalue weighted by Gasteiger charge is 2.46. The van der Waals surface area contributed by atoms with Gasteiger partial charge in [0.1, 0.15) is 0 Å². The van der Waals surface area contributed by atoms with Crippen molar-refractivity contribution in [1.29, 1.82) is 0 Å². The van der Waals surface area contributed by atoms with E-state index in [1.165, 1.54) is 0 Å². The Morgan fingerprint density at radius 2 is 2.00 bits per heavy atom. The standard InChI is InChI=1S/C18H22N4OS/c1-12-4-3-5-15(19-12)9-22-7-14-6-21(10-17(14)18(22)23)8-16-11-24-13(2)20-16/h3-5,11,14,17H,6-10H2,1-2H3/t14-,17-/m0/s1. The monoisotopic (exact) mass is 342 g/mol. The van der Waals surface area contributed by atoms with E-state index in [4.69, 9.17) is 0 Å². The van der Waals surface area contributed by atoms with Crippen LogP contribution in [0.3, 0.4) is 0 Å². The zero-order chi connectivity index (χ0) is 16.7. The molecular formula is C18H22N4OS. The molecule has 6 heteroatoms. The van der Waals surface area contributed by atoms with Crippen LogP contribution < -0.4 is 0 Å². The van der Waals surface area contributed by atoms with Gasteiger partial charge in [-0.3, -0.25) is 14.7 Å². The number of amides is 1. The first-order chi connectivity index (χ1) is 11.6. The molecule has 0 unspecified atom stereocenters. The lowest BCUT2D eigenvalue weighted by Crippen LogP contribution is -2.32. The van der Waals surface area contributed by atoms with Crippen molar-refractivity contribution in [3.05, 3.63) is 45.7 Å². The molecule has 2 fully saturated rings. The number of carbonyl (C=O) groups is 1. The second kappa shape index (κ2) is 6.26. The Hall–Kier alpha value is -1.79. The molecule has 0 N–H and O–H groups in total. The first-order valence-electron chi connectivity index (χ1n) is 8.43. The van der Waals surface area contributed by atoms with Crippen LogP contribution in [0.1, 0.15) is 22.1 Å². The van der Waals surface area contributed by atoms with Crippen LogP contribution in [0.5, 0.6) is 0 Å². The Bertz CT molecular complexity index is 759. The Morgan fingerprint density at radius 3 is 2.71 bits per heavy atom. The first-order valence-corrected chi connectivity index (χ1v) is 9.31. The van der Waals surface area contributed by atoms with Crippen molar-refractivity contribution in [2.24, 2.45) is 11.8 Å². The summed E-state index contributed by atoms with van der Waals surface area (Å²) >= 11 is 1.69. The number of rotatable bonds is 4. The van der Waals surface area contributed by atoms with Gasteiger partial charge in [-0.1, -0.05) is 6.07 Å². The van der Waals surface area contributed by atoms with Gasteiger partial charge in [0.2, 0.25) is 5.91 Å². The minimum Gasteiger partial charge on any atom is -0.336 e. The summed E-state index contributed by atoms with van der Waals surface area (Å²) in [6, 6.07) is 6.00. The highest BCUT2D eigenvalue weighted by molar-refractivity contribution is 7.09. The molecule has 2 aromatic rings. The SMILES string of the molecule is Cc1cccc(CN2C[C@@H]3CN(Cc4csc(C)n4)C[C@@H]3C2=O)n1. The molecule has 0 radical (unpaired) electrons. The molecular weight excluding hydrogens is 320 g/mol. The molecule has 2 aromatic heterocycles. The number of hydrogen-bond donors (Lipinski definition) is 0. The summed E-state index contributed by atoms with van der Waals surface area (Å²) in [4.78, 5) is 26.2. The zero-order valence-corrected chi connectivity index (χ0v) is 14.9. The van der Waals surface area contributed by atoms with E-state index in [0.29, 0.717) is 18.4 Å². The van der Waals surface area contributed by atoms with Crippen LogP contribution in [0.2, 0.25) is 0 Å². The van der Waals surface area contributed by atoms with Gasteiger partial charge in [-0.25, -0.2) is 4.98 Å². The number of thiazole rings is 1. The summed E-state index contributed by atoms with van der Waals surface area (Å²) in [7, 11) is 0. The first kappa shape index (κ1) is 15.7. The molecule has 0 aromatic carbocycles. The summed E-state index contributed by atoms with van der Waals surface area (Å²) in [5, 5.41) is 3.23. The third-order valence-corrected chi connectivity index (χ3v) is 5.77. The van der Waals surface area contributed by atoms with Crippen LogP contribution in [-0.2, 0) is 17.9 Å². The molecule has 0 spiro atoms. The minimum atomic E-state index is 0.148. The average Bonchev–Trinajstić information content (AvgIpc) is 3.19. The van der Waals surface area contributed by atoms with Crippen molar-refractivity contribution in [3.63, 3.8) is 0 Å². The van der Waals surface area contributed by atoms with E-state index in [0.717, 1.165) is 48.3 Å². The maximum Gasteiger partial charge on any atom is 0.227 e. The molecule has 2 aliphatic heterocycles. The Labute approximate surface area is 146 Å². The largest absolute Gasteiger partial charge is 0.336 e. The molecule has 4 rings (SSSR count). The highest BCUT2D eigenvalue weighted by Crippen LogP contribution is 2.33. The second-order valence-corrected chi connectivity index (χ2v) is 7.97. The fraction of sp³-hybridized carbons (Fsp3) is 0.500. The van der Waals surface area contributed by atoms with E-state index < -0.39 is 0 Å². The van der Waals surface area contributed by atoms with Gasteiger partial charge in [0.05, 0.1) is 28.9 Å². The third kappa shape index (κ3) is 3.08. The van der Waals surface area contributed by atoms with Gasteiger partial charge in [-0.05, 0) is 26.0 Å². The van der Waals surface area contributed by atoms with Gasteiger partial charge in [0, 0.05) is 43.2 Å². The molecule has 1 amide bonds. The number of aromatic nitrogens is 2. The molecule has 2 aliphatic rings. The summed E-state index contributed by atoms with van der Waals surface area (Å²) in [6.07, 6.45) is 0. The molecule has 4 heterocycles. The van der Waals surface area contributed by atoms with E-state index in [-0.39, 0.29) is 5.92 Å². The van der Waals surface area contributed by atoms with Gasteiger partial charge in [0.25, 0.3) is 0 Å². The molecule has 2 saturated heterocycles. The number of pyridine rings is 1. The van der Waals surface area contributed by atoms with Gasteiger partial charge >= 0.3 is 0 Å².